The lowest BCUT2D eigenvalue weighted by Gasteiger charge is -2.15. The Labute approximate surface area is 116 Å². The molecule has 0 radical (unpaired) electrons. The number of carbonyl (C=O) groups excluding carboxylic acids is 1. The molecule has 1 aliphatic heterocycles. The van der Waals surface area contributed by atoms with E-state index in [4.69, 9.17) is 0 Å². The van der Waals surface area contributed by atoms with Gasteiger partial charge in [-0.2, -0.15) is 0 Å². The summed E-state index contributed by atoms with van der Waals surface area (Å²) in [5.41, 5.74) is 3.32. The third kappa shape index (κ3) is 3.66. The van der Waals surface area contributed by atoms with Gasteiger partial charge in [-0.25, -0.2) is 0 Å². The fourth-order valence-electron chi connectivity index (χ4n) is 2.91. The summed E-state index contributed by atoms with van der Waals surface area (Å²) in [4.78, 5) is 14.6. The molecular weight excluding hydrogens is 234 g/mol. The third-order valence-corrected chi connectivity index (χ3v) is 4.26. The molecule has 1 saturated heterocycles. The van der Waals surface area contributed by atoms with Crippen molar-refractivity contribution >= 4 is 5.78 Å². The second-order valence-electron chi connectivity index (χ2n) is 5.90. The van der Waals surface area contributed by atoms with Gasteiger partial charge in [-0.15, -0.1) is 0 Å². The molecule has 1 aliphatic rings. The van der Waals surface area contributed by atoms with Crippen LogP contribution in [0.1, 0.15) is 47.7 Å². The summed E-state index contributed by atoms with van der Waals surface area (Å²) in [6.45, 7) is 9.16. The fourth-order valence-corrected chi connectivity index (χ4v) is 2.91. The Hall–Kier alpha value is -1.15. The van der Waals surface area contributed by atoms with Gasteiger partial charge in [0.25, 0.3) is 0 Å². The molecule has 0 saturated carbocycles. The molecule has 1 heterocycles. The summed E-state index contributed by atoms with van der Waals surface area (Å²) >= 11 is 0. The Morgan fingerprint density at radius 3 is 2.79 bits per heavy atom. The zero-order valence-corrected chi connectivity index (χ0v) is 12.4. The molecule has 2 heteroatoms. The predicted molar refractivity (Wildman–Crippen MR) is 79.7 cm³/mol. The highest BCUT2D eigenvalue weighted by atomic mass is 16.1. The van der Waals surface area contributed by atoms with Crippen LogP contribution in [0.3, 0.4) is 0 Å². The van der Waals surface area contributed by atoms with Crippen LogP contribution in [0.15, 0.2) is 18.2 Å². The summed E-state index contributed by atoms with van der Waals surface area (Å²) in [5.74, 6) is 1.07. The first-order valence-corrected chi connectivity index (χ1v) is 7.43. The summed E-state index contributed by atoms with van der Waals surface area (Å²) in [6.07, 6.45) is 3.81. The highest BCUT2D eigenvalue weighted by Crippen LogP contribution is 2.21. The maximum Gasteiger partial charge on any atom is 0.176 e. The molecule has 0 aromatic heterocycles. The molecule has 2 rings (SSSR count). The van der Waals surface area contributed by atoms with Crippen molar-refractivity contribution < 1.29 is 4.79 Å². The van der Waals surface area contributed by atoms with Crippen LogP contribution < -0.4 is 0 Å². The molecule has 104 valence electrons. The van der Waals surface area contributed by atoms with Gasteiger partial charge in [0.1, 0.15) is 0 Å². The number of nitrogens with zero attached hydrogens (tertiary/aromatic N) is 1. The molecule has 2 nitrogen and oxygen atoms in total. The predicted octanol–water partition coefficient (Wildman–Crippen LogP) is 3.61. The number of carbonyl (C=O) groups is 1. The van der Waals surface area contributed by atoms with E-state index in [9.17, 15) is 4.79 Å². The number of rotatable bonds is 5. The Balaban J connectivity index is 1.92. The topological polar surface area (TPSA) is 20.3 Å². The number of aryl methyl sites for hydroxylation is 2. The van der Waals surface area contributed by atoms with Crippen molar-refractivity contribution in [3.63, 3.8) is 0 Å². The van der Waals surface area contributed by atoms with E-state index in [-0.39, 0.29) is 5.78 Å². The number of ketones is 1. The molecule has 1 aromatic rings. The van der Waals surface area contributed by atoms with E-state index in [0.717, 1.165) is 24.6 Å². The lowest BCUT2D eigenvalue weighted by atomic mass is 10.0. The van der Waals surface area contributed by atoms with Crippen molar-refractivity contribution in [3.8, 4) is 0 Å². The zero-order valence-electron chi connectivity index (χ0n) is 12.4. The highest BCUT2D eigenvalue weighted by molar-refractivity contribution is 5.97. The number of benzene rings is 1. The lowest BCUT2D eigenvalue weighted by Crippen LogP contribution is -2.27. The average molecular weight is 259 g/mol. The van der Waals surface area contributed by atoms with Crippen LogP contribution in [0.2, 0.25) is 0 Å². The van der Waals surface area contributed by atoms with Crippen molar-refractivity contribution in [2.45, 2.75) is 40.0 Å². The molecule has 0 bridgehead atoms. The van der Waals surface area contributed by atoms with Crippen LogP contribution in [0.5, 0.6) is 0 Å². The van der Waals surface area contributed by atoms with Gasteiger partial charge in [0.2, 0.25) is 0 Å². The molecule has 1 aromatic carbocycles. The summed E-state index contributed by atoms with van der Waals surface area (Å²) in [6, 6.07) is 6.04. The minimum Gasteiger partial charge on any atom is -0.296 e. The fraction of sp³-hybridized carbons (Fsp3) is 0.588. The molecular formula is C17H25NO. The van der Waals surface area contributed by atoms with Gasteiger partial charge in [0.15, 0.2) is 5.78 Å². The van der Waals surface area contributed by atoms with Crippen LogP contribution in [0, 0.1) is 19.8 Å². The van der Waals surface area contributed by atoms with Gasteiger partial charge >= 0.3 is 0 Å². The third-order valence-electron chi connectivity index (χ3n) is 4.26. The SMILES string of the molecule is CCCC1CCN(CC(=O)c2ccc(C)c(C)c2)C1. The number of hydrogen-bond acceptors (Lipinski definition) is 2. The van der Waals surface area contributed by atoms with Gasteiger partial charge in [-0.05, 0) is 56.3 Å². The molecule has 0 spiro atoms. The molecule has 0 N–H and O–H groups in total. The van der Waals surface area contributed by atoms with Crippen molar-refractivity contribution in [2.75, 3.05) is 19.6 Å². The second kappa shape index (κ2) is 6.33. The summed E-state index contributed by atoms with van der Waals surface area (Å²) in [7, 11) is 0. The molecule has 19 heavy (non-hydrogen) atoms. The van der Waals surface area contributed by atoms with Crippen molar-refractivity contribution in [1.29, 1.82) is 0 Å². The van der Waals surface area contributed by atoms with E-state index in [1.807, 2.05) is 18.2 Å². The van der Waals surface area contributed by atoms with E-state index in [1.54, 1.807) is 0 Å². The zero-order chi connectivity index (χ0) is 13.8. The average Bonchev–Trinajstić information content (AvgIpc) is 2.80. The minimum atomic E-state index is 0.264. The van der Waals surface area contributed by atoms with E-state index in [2.05, 4.69) is 25.7 Å². The normalized spacial score (nSPS) is 19.8. The van der Waals surface area contributed by atoms with Crippen LogP contribution in [-0.4, -0.2) is 30.3 Å². The van der Waals surface area contributed by atoms with Crippen LogP contribution in [0.25, 0.3) is 0 Å². The summed E-state index contributed by atoms with van der Waals surface area (Å²) < 4.78 is 0. The van der Waals surface area contributed by atoms with E-state index >= 15 is 0 Å². The largest absolute Gasteiger partial charge is 0.296 e. The Morgan fingerprint density at radius 1 is 1.32 bits per heavy atom. The van der Waals surface area contributed by atoms with Crippen molar-refractivity contribution in [1.82, 2.24) is 4.90 Å². The van der Waals surface area contributed by atoms with Crippen LogP contribution in [-0.2, 0) is 0 Å². The van der Waals surface area contributed by atoms with Gasteiger partial charge in [0.05, 0.1) is 6.54 Å². The summed E-state index contributed by atoms with van der Waals surface area (Å²) in [5, 5.41) is 0. The van der Waals surface area contributed by atoms with E-state index < -0.39 is 0 Å². The minimum absolute atomic E-state index is 0.264. The monoisotopic (exact) mass is 259 g/mol. The lowest BCUT2D eigenvalue weighted by molar-refractivity contribution is 0.0943. The van der Waals surface area contributed by atoms with Crippen LogP contribution >= 0.6 is 0 Å². The molecule has 1 fully saturated rings. The first-order chi connectivity index (χ1) is 9.10. The van der Waals surface area contributed by atoms with Gasteiger partial charge in [-0.1, -0.05) is 25.5 Å². The highest BCUT2D eigenvalue weighted by Gasteiger charge is 2.23. The molecule has 1 unspecified atom stereocenters. The van der Waals surface area contributed by atoms with Crippen molar-refractivity contribution in [2.24, 2.45) is 5.92 Å². The smallest absolute Gasteiger partial charge is 0.176 e. The first-order valence-electron chi connectivity index (χ1n) is 7.43. The molecule has 0 aliphatic carbocycles. The van der Waals surface area contributed by atoms with Crippen LogP contribution in [0.4, 0.5) is 0 Å². The molecule has 1 atom stereocenters. The number of hydrogen-bond donors (Lipinski definition) is 0. The van der Waals surface area contributed by atoms with E-state index in [1.165, 1.54) is 30.4 Å². The van der Waals surface area contributed by atoms with Gasteiger partial charge in [0, 0.05) is 12.1 Å². The van der Waals surface area contributed by atoms with Crippen molar-refractivity contribution in [3.05, 3.63) is 34.9 Å². The Kier molecular flexibility index (Phi) is 4.76. The second-order valence-corrected chi connectivity index (χ2v) is 5.90. The van der Waals surface area contributed by atoms with Gasteiger partial charge < -0.3 is 0 Å². The maximum atomic E-state index is 12.3. The maximum absolute atomic E-state index is 12.3. The number of Topliss-reactive ketones (excluding diaryl/α,β-unsaturated/α-hetero) is 1. The number of likely N-dealkylation sites (tertiary alicyclic amines) is 1. The quantitative estimate of drug-likeness (QED) is 0.753. The molecule has 0 amide bonds. The van der Waals surface area contributed by atoms with E-state index in [0.29, 0.717) is 6.54 Å². The Morgan fingerprint density at radius 2 is 2.11 bits per heavy atom. The Bertz CT molecular complexity index is 453. The van der Waals surface area contributed by atoms with Gasteiger partial charge in [-0.3, -0.25) is 9.69 Å². The first kappa shape index (κ1) is 14.3. The standard InChI is InChI=1S/C17H25NO/c1-4-5-15-8-9-18(11-15)12-17(19)16-7-6-13(2)14(3)10-16/h6-7,10,15H,4-5,8-9,11-12H2,1-3H3.